The minimum Gasteiger partial charge on any atom is -0.411 e. The summed E-state index contributed by atoms with van der Waals surface area (Å²) in [7, 11) is 0. The molecule has 0 saturated carbocycles. The van der Waals surface area contributed by atoms with E-state index in [1.54, 1.807) is 0 Å². The second-order valence-electron chi connectivity index (χ2n) is 2.77. The zero-order valence-electron chi connectivity index (χ0n) is 7.55. The second-order valence-corrected chi connectivity index (χ2v) is 2.77. The van der Waals surface area contributed by atoms with E-state index in [0.29, 0.717) is 6.61 Å². The van der Waals surface area contributed by atoms with Crippen molar-refractivity contribution in [2.75, 3.05) is 0 Å². The van der Waals surface area contributed by atoms with Gasteiger partial charge in [-0.25, -0.2) is 0 Å². The van der Waals surface area contributed by atoms with Gasteiger partial charge in [-0.2, -0.15) is 0 Å². The van der Waals surface area contributed by atoms with Crippen LogP contribution >= 0.6 is 0 Å². The molecule has 1 aromatic carbocycles. The maximum Gasteiger partial charge on any atom is 0.0935 e. The first-order valence-corrected chi connectivity index (χ1v) is 4.16. The van der Waals surface area contributed by atoms with E-state index in [-0.39, 0.29) is 6.10 Å². The minimum absolute atomic E-state index is 0.162. The summed E-state index contributed by atoms with van der Waals surface area (Å²) in [5.41, 5.74) is 1.11. The number of hydrogen-bond acceptors (Lipinski definition) is 3. The third-order valence-corrected chi connectivity index (χ3v) is 1.63. The lowest BCUT2D eigenvalue weighted by atomic mass is 10.2. The van der Waals surface area contributed by atoms with E-state index in [2.05, 4.69) is 5.16 Å². The van der Waals surface area contributed by atoms with Crippen LogP contribution in [0.25, 0.3) is 0 Å². The fourth-order valence-electron chi connectivity index (χ4n) is 0.939. The van der Waals surface area contributed by atoms with Gasteiger partial charge >= 0.3 is 0 Å². The van der Waals surface area contributed by atoms with Crippen LogP contribution in [0.3, 0.4) is 0 Å². The van der Waals surface area contributed by atoms with E-state index in [4.69, 9.17) is 9.94 Å². The number of nitrogens with zero attached hydrogens (tertiary/aromatic N) is 1. The van der Waals surface area contributed by atoms with Gasteiger partial charge in [0.05, 0.1) is 18.9 Å². The quantitative estimate of drug-likeness (QED) is 0.436. The Hall–Kier alpha value is -1.35. The van der Waals surface area contributed by atoms with Crippen molar-refractivity contribution in [2.24, 2.45) is 5.16 Å². The maximum atomic E-state index is 8.22. The molecule has 0 radical (unpaired) electrons. The number of rotatable bonds is 4. The third kappa shape index (κ3) is 3.71. The molecule has 0 bridgehead atoms. The van der Waals surface area contributed by atoms with Crippen LogP contribution in [0.5, 0.6) is 0 Å². The van der Waals surface area contributed by atoms with Gasteiger partial charge < -0.3 is 9.94 Å². The molecular weight excluding hydrogens is 166 g/mol. The minimum atomic E-state index is -0.162. The monoisotopic (exact) mass is 179 g/mol. The topological polar surface area (TPSA) is 41.8 Å². The molecule has 13 heavy (non-hydrogen) atoms. The van der Waals surface area contributed by atoms with Gasteiger partial charge in [-0.05, 0) is 12.5 Å². The van der Waals surface area contributed by atoms with Crippen LogP contribution in [-0.2, 0) is 11.3 Å². The van der Waals surface area contributed by atoms with Crippen molar-refractivity contribution < 1.29 is 9.94 Å². The van der Waals surface area contributed by atoms with E-state index >= 15 is 0 Å². The molecule has 70 valence electrons. The van der Waals surface area contributed by atoms with E-state index < -0.39 is 0 Å². The molecule has 0 aliphatic rings. The van der Waals surface area contributed by atoms with Crippen LogP contribution in [-0.4, -0.2) is 17.5 Å². The molecule has 1 N–H and O–H groups in total. The normalized spacial score (nSPS) is 13.3. The highest BCUT2D eigenvalue weighted by Crippen LogP contribution is 2.01. The van der Waals surface area contributed by atoms with Gasteiger partial charge in [-0.3, -0.25) is 0 Å². The van der Waals surface area contributed by atoms with Crippen molar-refractivity contribution in [1.29, 1.82) is 0 Å². The van der Waals surface area contributed by atoms with E-state index in [1.165, 1.54) is 6.21 Å². The standard InChI is InChI=1S/C10H13NO2/c1-9(7-11-12)13-8-10-5-3-2-4-6-10/h2-7,9,12H,8H2,1H3/b11-7-/t9-/m0/s1. The summed E-state index contributed by atoms with van der Waals surface area (Å²) in [5.74, 6) is 0. The predicted octanol–water partition coefficient (Wildman–Crippen LogP) is 2.05. The third-order valence-electron chi connectivity index (χ3n) is 1.63. The van der Waals surface area contributed by atoms with Crippen LogP contribution in [0.4, 0.5) is 0 Å². The summed E-state index contributed by atoms with van der Waals surface area (Å²) < 4.78 is 5.36. The second kappa shape index (κ2) is 5.32. The van der Waals surface area contributed by atoms with Crippen LogP contribution in [0, 0.1) is 0 Å². The summed E-state index contributed by atoms with van der Waals surface area (Å²) in [6.45, 7) is 2.36. The predicted molar refractivity (Wildman–Crippen MR) is 51.0 cm³/mol. The van der Waals surface area contributed by atoms with E-state index in [9.17, 15) is 0 Å². The number of ether oxygens (including phenoxy) is 1. The van der Waals surface area contributed by atoms with E-state index in [0.717, 1.165) is 5.56 Å². The molecule has 0 fully saturated rings. The number of hydrogen-bond donors (Lipinski definition) is 1. The van der Waals surface area contributed by atoms with Gasteiger partial charge in [0.2, 0.25) is 0 Å². The van der Waals surface area contributed by atoms with Crippen LogP contribution in [0.1, 0.15) is 12.5 Å². The fraction of sp³-hybridized carbons (Fsp3) is 0.300. The molecule has 0 aliphatic carbocycles. The average molecular weight is 179 g/mol. The van der Waals surface area contributed by atoms with Gasteiger partial charge in [0, 0.05) is 0 Å². The Bertz CT molecular complexity index is 259. The van der Waals surface area contributed by atoms with E-state index in [1.807, 2.05) is 37.3 Å². The molecular formula is C10H13NO2. The number of benzene rings is 1. The Kier molecular flexibility index (Phi) is 3.99. The molecule has 1 aromatic rings. The number of oxime groups is 1. The van der Waals surface area contributed by atoms with Gasteiger partial charge in [-0.15, -0.1) is 0 Å². The Morgan fingerprint density at radius 2 is 2.15 bits per heavy atom. The van der Waals surface area contributed by atoms with Crippen LogP contribution in [0.15, 0.2) is 35.5 Å². The summed E-state index contributed by atoms with van der Waals surface area (Å²) in [6.07, 6.45) is 1.19. The molecule has 0 unspecified atom stereocenters. The smallest absolute Gasteiger partial charge is 0.0935 e. The lowest BCUT2D eigenvalue weighted by Gasteiger charge is -2.06. The van der Waals surface area contributed by atoms with Gasteiger partial charge in [0.25, 0.3) is 0 Å². The zero-order chi connectivity index (χ0) is 9.52. The molecule has 0 aliphatic heterocycles. The summed E-state index contributed by atoms with van der Waals surface area (Å²) >= 11 is 0. The Balaban J connectivity index is 2.35. The van der Waals surface area contributed by atoms with Crippen LogP contribution < -0.4 is 0 Å². The molecule has 1 atom stereocenters. The van der Waals surface area contributed by atoms with Crippen molar-refractivity contribution in [3.8, 4) is 0 Å². The first-order valence-electron chi connectivity index (χ1n) is 4.16. The first kappa shape index (κ1) is 9.74. The molecule has 3 nitrogen and oxygen atoms in total. The Labute approximate surface area is 77.6 Å². The lowest BCUT2D eigenvalue weighted by molar-refractivity contribution is 0.0970. The largest absolute Gasteiger partial charge is 0.411 e. The molecule has 1 rings (SSSR count). The Morgan fingerprint density at radius 1 is 1.46 bits per heavy atom. The maximum absolute atomic E-state index is 8.22. The summed E-state index contributed by atoms with van der Waals surface area (Å²) in [4.78, 5) is 0. The van der Waals surface area contributed by atoms with Crippen LogP contribution in [0.2, 0.25) is 0 Å². The van der Waals surface area contributed by atoms with Crippen molar-refractivity contribution in [3.05, 3.63) is 35.9 Å². The molecule has 0 heterocycles. The Morgan fingerprint density at radius 3 is 2.77 bits per heavy atom. The highest BCUT2D eigenvalue weighted by Gasteiger charge is 1.97. The molecule has 0 aromatic heterocycles. The van der Waals surface area contributed by atoms with Gasteiger partial charge in [0.1, 0.15) is 0 Å². The highest BCUT2D eigenvalue weighted by atomic mass is 16.5. The summed E-state index contributed by atoms with van der Waals surface area (Å²) in [5, 5.41) is 11.1. The van der Waals surface area contributed by atoms with Crippen molar-refractivity contribution in [2.45, 2.75) is 19.6 Å². The lowest BCUT2D eigenvalue weighted by Crippen LogP contribution is -2.09. The van der Waals surface area contributed by atoms with Gasteiger partial charge in [-0.1, -0.05) is 35.5 Å². The molecule has 0 saturated heterocycles. The van der Waals surface area contributed by atoms with Gasteiger partial charge in [0.15, 0.2) is 0 Å². The van der Waals surface area contributed by atoms with Crippen molar-refractivity contribution >= 4 is 6.21 Å². The molecule has 0 amide bonds. The molecule has 0 spiro atoms. The SMILES string of the molecule is C[C@@H](/C=N\O)OCc1ccccc1. The van der Waals surface area contributed by atoms with Crippen molar-refractivity contribution in [3.63, 3.8) is 0 Å². The fourth-order valence-corrected chi connectivity index (χ4v) is 0.939. The molecule has 3 heteroatoms. The highest BCUT2D eigenvalue weighted by molar-refractivity contribution is 5.61. The zero-order valence-corrected chi connectivity index (χ0v) is 7.55. The summed E-state index contributed by atoms with van der Waals surface area (Å²) in [6, 6.07) is 9.86. The average Bonchev–Trinajstić information content (AvgIpc) is 2.17. The first-order chi connectivity index (χ1) is 6.33. The van der Waals surface area contributed by atoms with Crippen molar-refractivity contribution in [1.82, 2.24) is 0 Å².